The van der Waals surface area contributed by atoms with Crippen molar-refractivity contribution >= 4 is 0 Å². The van der Waals surface area contributed by atoms with Crippen molar-refractivity contribution in [1.29, 1.82) is 0 Å². The fourth-order valence-electron chi connectivity index (χ4n) is 2.70. The Morgan fingerprint density at radius 2 is 2.00 bits per heavy atom. The number of phenols is 1. The second-order valence-electron chi connectivity index (χ2n) is 5.64. The minimum atomic E-state index is -0.302. The molecule has 1 aromatic rings. The number of hydrogen-bond donors (Lipinski definition) is 2. The average molecular weight is 266 g/mol. The summed E-state index contributed by atoms with van der Waals surface area (Å²) in [6, 6.07) is 4.61. The number of rotatable bonds is 4. The zero-order valence-electron chi connectivity index (χ0n) is 11.7. The largest absolute Gasteiger partial charge is 0.508 e. The first-order chi connectivity index (χ1) is 9.08. The van der Waals surface area contributed by atoms with E-state index >= 15 is 0 Å². The minimum absolute atomic E-state index is 0.00939. The standard InChI is InChI=1S/C15H23FN2O/c1-11(2)9-15(18-7-5-17-6-8-18)13-4-3-12(19)10-14(13)16/h3-4,10-11,15,17,19H,5-9H2,1-2H3/t15-/m1/s1. The van der Waals surface area contributed by atoms with Crippen molar-refractivity contribution in [2.45, 2.75) is 26.3 Å². The van der Waals surface area contributed by atoms with Crippen molar-refractivity contribution in [3.8, 4) is 5.75 Å². The lowest BCUT2D eigenvalue weighted by molar-refractivity contribution is 0.151. The number of benzene rings is 1. The number of nitrogens with one attached hydrogen (secondary N) is 1. The molecule has 1 heterocycles. The van der Waals surface area contributed by atoms with E-state index in [2.05, 4.69) is 24.1 Å². The third kappa shape index (κ3) is 3.67. The number of aromatic hydroxyl groups is 1. The van der Waals surface area contributed by atoms with E-state index in [0.29, 0.717) is 11.5 Å². The predicted octanol–water partition coefficient (Wildman–Crippen LogP) is 2.52. The van der Waals surface area contributed by atoms with Crippen molar-refractivity contribution in [2.75, 3.05) is 26.2 Å². The van der Waals surface area contributed by atoms with Gasteiger partial charge >= 0.3 is 0 Å². The first kappa shape index (κ1) is 14.3. The van der Waals surface area contributed by atoms with Crippen LogP contribution in [-0.4, -0.2) is 36.2 Å². The number of hydrogen-bond acceptors (Lipinski definition) is 3. The zero-order valence-corrected chi connectivity index (χ0v) is 11.7. The third-order valence-corrected chi connectivity index (χ3v) is 3.63. The van der Waals surface area contributed by atoms with E-state index in [1.807, 2.05) is 0 Å². The van der Waals surface area contributed by atoms with Crippen molar-refractivity contribution in [3.63, 3.8) is 0 Å². The van der Waals surface area contributed by atoms with E-state index < -0.39 is 0 Å². The van der Waals surface area contributed by atoms with Gasteiger partial charge in [0.25, 0.3) is 0 Å². The van der Waals surface area contributed by atoms with Gasteiger partial charge < -0.3 is 10.4 Å². The summed E-state index contributed by atoms with van der Waals surface area (Å²) in [7, 11) is 0. The van der Waals surface area contributed by atoms with E-state index in [0.717, 1.165) is 32.6 Å². The molecule has 1 aliphatic heterocycles. The van der Waals surface area contributed by atoms with Crippen LogP contribution in [0.5, 0.6) is 5.75 Å². The maximum Gasteiger partial charge on any atom is 0.131 e. The molecule has 0 spiro atoms. The molecule has 1 aromatic carbocycles. The molecule has 0 unspecified atom stereocenters. The van der Waals surface area contributed by atoms with Gasteiger partial charge in [-0.3, -0.25) is 4.90 Å². The Balaban J connectivity index is 2.25. The molecule has 0 saturated carbocycles. The lowest BCUT2D eigenvalue weighted by atomic mass is 9.94. The van der Waals surface area contributed by atoms with Gasteiger partial charge in [-0.2, -0.15) is 0 Å². The molecule has 0 radical (unpaired) electrons. The Hall–Kier alpha value is -1.13. The molecular formula is C15H23FN2O. The number of piperazine rings is 1. The van der Waals surface area contributed by atoms with Crippen LogP contribution in [0.25, 0.3) is 0 Å². The van der Waals surface area contributed by atoms with E-state index in [1.54, 1.807) is 12.1 Å². The maximum absolute atomic E-state index is 14.1. The molecule has 0 amide bonds. The number of halogens is 1. The Morgan fingerprint density at radius 3 is 2.58 bits per heavy atom. The highest BCUT2D eigenvalue weighted by molar-refractivity contribution is 5.30. The number of phenolic OH excluding ortho intramolecular Hbond substituents is 1. The van der Waals surface area contributed by atoms with Crippen molar-refractivity contribution in [2.24, 2.45) is 5.92 Å². The lowest BCUT2D eigenvalue weighted by Crippen LogP contribution is -2.45. The fourth-order valence-corrected chi connectivity index (χ4v) is 2.70. The average Bonchev–Trinajstić information content (AvgIpc) is 2.37. The Labute approximate surface area is 114 Å². The number of nitrogens with zero attached hydrogens (tertiary/aromatic N) is 1. The topological polar surface area (TPSA) is 35.5 Å². The van der Waals surface area contributed by atoms with Gasteiger partial charge in [0.05, 0.1) is 0 Å². The van der Waals surface area contributed by atoms with Crippen LogP contribution in [-0.2, 0) is 0 Å². The molecule has 3 nitrogen and oxygen atoms in total. The third-order valence-electron chi connectivity index (χ3n) is 3.63. The second-order valence-corrected chi connectivity index (χ2v) is 5.64. The summed E-state index contributed by atoms with van der Waals surface area (Å²) in [4.78, 5) is 2.34. The highest BCUT2D eigenvalue weighted by atomic mass is 19.1. The highest BCUT2D eigenvalue weighted by Crippen LogP contribution is 2.31. The fraction of sp³-hybridized carbons (Fsp3) is 0.600. The minimum Gasteiger partial charge on any atom is -0.508 e. The van der Waals surface area contributed by atoms with Gasteiger partial charge in [0.2, 0.25) is 0 Å². The van der Waals surface area contributed by atoms with E-state index in [9.17, 15) is 9.50 Å². The molecule has 1 fully saturated rings. The molecule has 0 aromatic heterocycles. The molecule has 4 heteroatoms. The van der Waals surface area contributed by atoms with Crippen molar-refractivity contribution in [1.82, 2.24) is 10.2 Å². The highest BCUT2D eigenvalue weighted by Gasteiger charge is 2.25. The molecule has 1 aliphatic rings. The van der Waals surface area contributed by atoms with Crippen LogP contribution < -0.4 is 5.32 Å². The van der Waals surface area contributed by atoms with Gasteiger partial charge in [-0.25, -0.2) is 4.39 Å². The molecule has 1 saturated heterocycles. The molecule has 106 valence electrons. The van der Waals surface area contributed by atoms with Gasteiger partial charge in [-0.05, 0) is 18.4 Å². The van der Waals surface area contributed by atoms with Crippen LogP contribution >= 0.6 is 0 Å². The molecular weight excluding hydrogens is 243 g/mol. The molecule has 2 rings (SSSR count). The Morgan fingerprint density at radius 1 is 1.32 bits per heavy atom. The Kier molecular flexibility index (Phi) is 4.77. The van der Waals surface area contributed by atoms with Gasteiger partial charge in [0.1, 0.15) is 11.6 Å². The van der Waals surface area contributed by atoms with Gasteiger partial charge in [-0.15, -0.1) is 0 Å². The lowest BCUT2D eigenvalue weighted by Gasteiger charge is -2.36. The zero-order chi connectivity index (χ0) is 13.8. The molecule has 0 aliphatic carbocycles. The molecule has 2 N–H and O–H groups in total. The summed E-state index contributed by atoms with van der Waals surface area (Å²) < 4.78 is 14.1. The molecule has 19 heavy (non-hydrogen) atoms. The van der Waals surface area contributed by atoms with E-state index in [1.165, 1.54) is 6.07 Å². The maximum atomic E-state index is 14.1. The van der Waals surface area contributed by atoms with Crippen LogP contribution in [0.2, 0.25) is 0 Å². The summed E-state index contributed by atoms with van der Waals surface area (Å²) in [5.41, 5.74) is 0.702. The second kappa shape index (κ2) is 6.35. The van der Waals surface area contributed by atoms with Gasteiger partial charge in [0.15, 0.2) is 0 Å². The van der Waals surface area contributed by atoms with Crippen LogP contribution in [0, 0.1) is 11.7 Å². The van der Waals surface area contributed by atoms with Crippen LogP contribution in [0.4, 0.5) is 4.39 Å². The smallest absolute Gasteiger partial charge is 0.131 e. The van der Waals surface area contributed by atoms with E-state index in [4.69, 9.17) is 0 Å². The quantitative estimate of drug-likeness (QED) is 0.879. The van der Waals surface area contributed by atoms with Crippen molar-refractivity contribution in [3.05, 3.63) is 29.6 Å². The van der Waals surface area contributed by atoms with E-state index in [-0.39, 0.29) is 17.6 Å². The molecule has 0 bridgehead atoms. The van der Waals surface area contributed by atoms with Crippen LogP contribution in [0.1, 0.15) is 31.9 Å². The van der Waals surface area contributed by atoms with Crippen LogP contribution in [0.15, 0.2) is 18.2 Å². The normalized spacial score (nSPS) is 18.7. The Bertz CT molecular complexity index is 417. The summed E-state index contributed by atoms with van der Waals surface area (Å²) >= 11 is 0. The predicted molar refractivity (Wildman–Crippen MR) is 74.7 cm³/mol. The van der Waals surface area contributed by atoms with Gasteiger partial charge in [0, 0.05) is 43.9 Å². The first-order valence-electron chi connectivity index (χ1n) is 7.01. The summed E-state index contributed by atoms with van der Waals surface area (Å²) in [6.45, 7) is 8.11. The SMILES string of the molecule is CC(C)C[C@H](c1ccc(O)cc1F)N1CCNCC1. The molecule has 1 atom stereocenters. The van der Waals surface area contributed by atoms with Crippen molar-refractivity contribution < 1.29 is 9.50 Å². The summed E-state index contributed by atoms with van der Waals surface area (Å²) in [5.74, 6) is 0.196. The summed E-state index contributed by atoms with van der Waals surface area (Å²) in [6.07, 6.45) is 0.932. The first-order valence-corrected chi connectivity index (χ1v) is 7.01. The monoisotopic (exact) mass is 266 g/mol. The van der Waals surface area contributed by atoms with Crippen LogP contribution in [0.3, 0.4) is 0 Å². The van der Waals surface area contributed by atoms with Gasteiger partial charge in [-0.1, -0.05) is 19.9 Å². The summed E-state index contributed by atoms with van der Waals surface area (Å²) in [5, 5.41) is 12.7.